The molecule has 0 aliphatic heterocycles. The summed E-state index contributed by atoms with van der Waals surface area (Å²) in [6.07, 6.45) is 2.92. The zero-order valence-corrected chi connectivity index (χ0v) is 12.2. The van der Waals surface area contributed by atoms with Crippen molar-refractivity contribution in [3.05, 3.63) is 52.3 Å². The largest absolute Gasteiger partial charge is 0.351 e. The normalized spacial score (nSPS) is 11.4. The van der Waals surface area contributed by atoms with Crippen LogP contribution in [0.5, 0.6) is 0 Å². The molecule has 1 aromatic heterocycles. The van der Waals surface area contributed by atoms with Crippen molar-refractivity contribution in [1.82, 2.24) is 15.2 Å². The number of carbonyl (C=O) groups is 1. The minimum absolute atomic E-state index is 0.203. The van der Waals surface area contributed by atoms with Gasteiger partial charge in [-0.25, -0.2) is 0 Å². The quantitative estimate of drug-likeness (QED) is 0.812. The number of nitrogens with zero attached hydrogens (tertiary/aromatic N) is 1. The van der Waals surface area contributed by atoms with Crippen molar-refractivity contribution in [2.75, 3.05) is 27.2 Å². The van der Waals surface area contributed by atoms with Gasteiger partial charge < -0.3 is 15.2 Å². The van der Waals surface area contributed by atoms with E-state index < -0.39 is 0 Å². The number of carbonyl (C=O) groups excluding carboxylic acids is 1. The highest BCUT2D eigenvalue weighted by molar-refractivity contribution is 5.92. The van der Waals surface area contributed by atoms with Gasteiger partial charge in [-0.3, -0.25) is 9.59 Å². The lowest BCUT2D eigenvalue weighted by atomic mass is 10.1. The molecule has 0 saturated carbocycles. The number of aromatic amines is 1. The molecule has 1 heterocycles. The second-order valence-corrected chi connectivity index (χ2v) is 5.07. The van der Waals surface area contributed by atoms with Gasteiger partial charge in [-0.15, -0.1) is 0 Å². The number of para-hydroxylation sites is 1. The first-order chi connectivity index (χ1) is 10.1. The summed E-state index contributed by atoms with van der Waals surface area (Å²) in [7, 11) is 3.88. The van der Waals surface area contributed by atoms with E-state index in [-0.39, 0.29) is 11.5 Å². The number of hydrogen-bond acceptors (Lipinski definition) is 3. The number of hydrogen-bond donors (Lipinski definition) is 2. The lowest BCUT2D eigenvalue weighted by Crippen LogP contribution is -2.30. The average molecular weight is 285 g/mol. The Labute approximate surface area is 123 Å². The molecule has 0 atom stereocenters. The molecule has 2 aromatic rings. The monoisotopic (exact) mass is 285 g/mol. The van der Waals surface area contributed by atoms with E-state index in [9.17, 15) is 9.59 Å². The maximum Gasteiger partial charge on any atom is 0.255 e. The first-order valence-electron chi connectivity index (χ1n) is 6.79. The number of aromatic nitrogens is 1. The van der Waals surface area contributed by atoms with E-state index in [0.29, 0.717) is 12.1 Å². The highest BCUT2D eigenvalue weighted by Crippen LogP contribution is 2.10. The van der Waals surface area contributed by atoms with Crippen LogP contribution in [0.15, 0.2) is 41.2 Å². The smallest absolute Gasteiger partial charge is 0.255 e. The Morgan fingerprint density at radius 2 is 2.10 bits per heavy atom. The number of H-pyrrole nitrogens is 1. The number of likely N-dealkylation sites (N-methyl/N-ethyl adjacent to an activating group) is 1. The molecule has 0 spiro atoms. The molecule has 0 bridgehead atoms. The SMILES string of the molecule is CN(C)CCNC(=O)/C=C/c1cc2ccccc2[nH]c1=O. The van der Waals surface area contributed by atoms with Gasteiger partial charge in [0.1, 0.15) is 0 Å². The van der Waals surface area contributed by atoms with Crippen LogP contribution in [-0.4, -0.2) is 43.0 Å². The lowest BCUT2D eigenvalue weighted by Gasteiger charge is -2.08. The molecule has 5 heteroatoms. The van der Waals surface area contributed by atoms with E-state index in [1.54, 1.807) is 6.07 Å². The Morgan fingerprint density at radius 1 is 1.33 bits per heavy atom. The van der Waals surface area contributed by atoms with Crippen molar-refractivity contribution in [1.29, 1.82) is 0 Å². The van der Waals surface area contributed by atoms with E-state index >= 15 is 0 Å². The summed E-state index contributed by atoms with van der Waals surface area (Å²) in [5.74, 6) is -0.204. The molecular weight excluding hydrogens is 266 g/mol. The highest BCUT2D eigenvalue weighted by Gasteiger charge is 2.01. The van der Waals surface area contributed by atoms with Gasteiger partial charge in [0.15, 0.2) is 0 Å². The van der Waals surface area contributed by atoms with Crippen molar-refractivity contribution in [3.8, 4) is 0 Å². The molecule has 0 radical (unpaired) electrons. The van der Waals surface area contributed by atoms with Crippen LogP contribution in [0.1, 0.15) is 5.56 Å². The molecule has 0 saturated heterocycles. The molecule has 0 unspecified atom stereocenters. The minimum Gasteiger partial charge on any atom is -0.351 e. The van der Waals surface area contributed by atoms with Gasteiger partial charge in [0, 0.05) is 30.2 Å². The van der Waals surface area contributed by atoms with Gasteiger partial charge in [0.25, 0.3) is 5.56 Å². The molecule has 5 nitrogen and oxygen atoms in total. The maximum absolute atomic E-state index is 11.9. The lowest BCUT2D eigenvalue weighted by molar-refractivity contribution is -0.116. The van der Waals surface area contributed by atoms with Gasteiger partial charge in [-0.1, -0.05) is 18.2 Å². The third kappa shape index (κ3) is 4.29. The molecular formula is C16H19N3O2. The molecule has 2 N–H and O–H groups in total. The third-order valence-electron chi connectivity index (χ3n) is 3.05. The van der Waals surface area contributed by atoms with Crippen molar-refractivity contribution >= 4 is 22.9 Å². The number of amides is 1. The molecule has 1 aromatic carbocycles. The zero-order valence-electron chi connectivity index (χ0n) is 12.2. The topological polar surface area (TPSA) is 65.2 Å². The zero-order chi connectivity index (χ0) is 15.2. The van der Waals surface area contributed by atoms with Crippen LogP contribution >= 0.6 is 0 Å². The van der Waals surface area contributed by atoms with Crippen LogP contribution in [-0.2, 0) is 4.79 Å². The van der Waals surface area contributed by atoms with Gasteiger partial charge >= 0.3 is 0 Å². The van der Waals surface area contributed by atoms with Gasteiger partial charge in [-0.05, 0) is 37.7 Å². The summed E-state index contributed by atoms with van der Waals surface area (Å²) in [5.41, 5.74) is 1.05. The van der Waals surface area contributed by atoms with Gasteiger partial charge in [-0.2, -0.15) is 0 Å². The molecule has 0 aliphatic carbocycles. The molecule has 0 fully saturated rings. The van der Waals surface area contributed by atoms with Crippen LogP contribution in [0.2, 0.25) is 0 Å². The van der Waals surface area contributed by atoms with Gasteiger partial charge in [0.2, 0.25) is 5.91 Å². The Kier molecular flexibility index (Phi) is 4.90. The number of nitrogens with one attached hydrogen (secondary N) is 2. The molecule has 1 amide bonds. The Bertz CT molecular complexity index is 717. The summed E-state index contributed by atoms with van der Waals surface area (Å²) in [6, 6.07) is 9.31. The Hall–Kier alpha value is -2.40. The van der Waals surface area contributed by atoms with E-state index in [1.807, 2.05) is 43.3 Å². The Balaban J connectivity index is 2.08. The predicted molar refractivity (Wildman–Crippen MR) is 85.2 cm³/mol. The van der Waals surface area contributed by atoms with Crippen LogP contribution in [0.3, 0.4) is 0 Å². The van der Waals surface area contributed by atoms with Crippen LogP contribution in [0.4, 0.5) is 0 Å². The highest BCUT2D eigenvalue weighted by atomic mass is 16.1. The summed E-state index contributed by atoms with van der Waals surface area (Å²) in [5, 5.41) is 3.70. The third-order valence-corrected chi connectivity index (χ3v) is 3.05. The average Bonchev–Trinajstić information content (AvgIpc) is 2.44. The van der Waals surface area contributed by atoms with E-state index in [1.165, 1.54) is 12.2 Å². The number of benzene rings is 1. The van der Waals surface area contributed by atoms with Crippen LogP contribution in [0, 0.1) is 0 Å². The summed E-state index contributed by atoms with van der Waals surface area (Å²) < 4.78 is 0. The fourth-order valence-corrected chi connectivity index (χ4v) is 1.92. The molecule has 110 valence electrons. The second kappa shape index (κ2) is 6.85. The number of fused-ring (bicyclic) bond motifs is 1. The van der Waals surface area contributed by atoms with Crippen molar-refractivity contribution < 1.29 is 4.79 Å². The number of pyridine rings is 1. The van der Waals surface area contributed by atoms with Gasteiger partial charge in [0.05, 0.1) is 0 Å². The van der Waals surface area contributed by atoms with E-state index in [0.717, 1.165) is 17.4 Å². The summed E-state index contributed by atoms with van der Waals surface area (Å²) in [6.45, 7) is 1.35. The summed E-state index contributed by atoms with van der Waals surface area (Å²) in [4.78, 5) is 28.3. The summed E-state index contributed by atoms with van der Waals surface area (Å²) >= 11 is 0. The predicted octanol–water partition coefficient (Wildman–Crippen LogP) is 1.22. The first kappa shape index (κ1) is 15.0. The molecule has 0 aliphatic rings. The fourth-order valence-electron chi connectivity index (χ4n) is 1.92. The van der Waals surface area contributed by atoms with Crippen molar-refractivity contribution in [2.24, 2.45) is 0 Å². The standard InChI is InChI=1S/C16H19N3O2/c1-19(2)10-9-17-15(20)8-7-13-11-12-5-3-4-6-14(12)18-16(13)21/h3-8,11H,9-10H2,1-2H3,(H,17,20)(H,18,21)/b8-7+. The van der Waals surface area contributed by atoms with Crippen LogP contribution in [0.25, 0.3) is 17.0 Å². The number of rotatable bonds is 5. The molecule has 21 heavy (non-hydrogen) atoms. The minimum atomic E-state index is -0.204. The fraction of sp³-hybridized carbons (Fsp3) is 0.250. The van der Waals surface area contributed by atoms with Crippen molar-refractivity contribution in [3.63, 3.8) is 0 Å². The van der Waals surface area contributed by atoms with E-state index in [4.69, 9.17) is 0 Å². The van der Waals surface area contributed by atoms with Crippen LogP contribution < -0.4 is 10.9 Å². The maximum atomic E-state index is 11.9. The molecule has 2 rings (SSSR count). The van der Waals surface area contributed by atoms with Crippen molar-refractivity contribution in [2.45, 2.75) is 0 Å². The van der Waals surface area contributed by atoms with E-state index in [2.05, 4.69) is 10.3 Å². The second-order valence-electron chi connectivity index (χ2n) is 5.07. The first-order valence-corrected chi connectivity index (χ1v) is 6.79. The Morgan fingerprint density at radius 3 is 2.86 bits per heavy atom.